The van der Waals surface area contributed by atoms with E-state index >= 15 is 0 Å². The molecule has 1 amide bonds. The van der Waals surface area contributed by atoms with Crippen LogP contribution < -0.4 is 10.2 Å². The molecule has 3 rings (SSSR count). The third-order valence-corrected chi connectivity index (χ3v) is 5.48. The Morgan fingerprint density at radius 1 is 1.25 bits per heavy atom. The van der Waals surface area contributed by atoms with Gasteiger partial charge in [0, 0.05) is 11.1 Å². The van der Waals surface area contributed by atoms with Crippen molar-refractivity contribution in [1.29, 1.82) is 0 Å². The molecule has 28 heavy (non-hydrogen) atoms. The van der Waals surface area contributed by atoms with Gasteiger partial charge in [0.1, 0.15) is 5.75 Å². The molecule has 144 valence electrons. The molecule has 0 fully saturated rings. The first-order valence-electron chi connectivity index (χ1n) is 8.74. The number of rotatable bonds is 6. The molecule has 6 nitrogen and oxygen atoms in total. The van der Waals surface area contributed by atoms with E-state index in [0.717, 1.165) is 32.7 Å². The lowest BCUT2D eigenvalue weighted by atomic mass is 10.1. The zero-order valence-electron chi connectivity index (χ0n) is 15.9. The summed E-state index contributed by atoms with van der Waals surface area (Å²) in [6.45, 7) is 4.55. The molecule has 0 radical (unpaired) electrons. The second kappa shape index (κ2) is 8.84. The maximum Gasteiger partial charge on any atom is 0.271 e. The number of nitrogens with one attached hydrogen (secondary N) is 1. The number of hydrazone groups is 1. The number of ether oxygens (including phenoxy) is 1. The second-order valence-corrected chi connectivity index (χ2v) is 7.07. The maximum absolute atomic E-state index is 12.1. The Bertz CT molecular complexity index is 1010. The van der Waals surface area contributed by atoms with Crippen LogP contribution in [-0.2, 0) is 6.54 Å². The average Bonchev–Trinajstić information content (AvgIpc) is 2.95. The van der Waals surface area contributed by atoms with Crippen molar-refractivity contribution in [3.63, 3.8) is 0 Å². The minimum absolute atomic E-state index is 0.252. The number of aryl methyl sites for hydroxylation is 1. The number of carbonyl (C=O) groups is 1. The molecule has 0 unspecified atom stereocenters. The number of hydrogen-bond donors (Lipinski definition) is 1. The lowest BCUT2D eigenvalue weighted by molar-refractivity contribution is 0.0955. The monoisotopic (exact) mass is 440 g/mol. The third-order valence-electron chi connectivity index (χ3n) is 4.33. The lowest BCUT2D eigenvalue weighted by Crippen LogP contribution is -2.17. The van der Waals surface area contributed by atoms with Gasteiger partial charge in [-0.15, -0.1) is 0 Å². The van der Waals surface area contributed by atoms with Crippen molar-refractivity contribution in [2.24, 2.45) is 5.10 Å². The van der Waals surface area contributed by atoms with E-state index in [4.69, 9.17) is 4.74 Å². The minimum Gasteiger partial charge on any atom is -0.496 e. The molecule has 0 saturated carbocycles. The number of halogens is 1. The molecule has 1 aromatic heterocycles. The maximum atomic E-state index is 12.1. The number of amides is 1. The first-order valence-corrected chi connectivity index (χ1v) is 9.53. The lowest BCUT2D eigenvalue weighted by Gasteiger charge is -2.11. The normalized spacial score (nSPS) is 11.0. The van der Waals surface area contributed by atoms with E-state index in [-0.39, 0.29) is 5.91 Å². The van der Waals surface area contributed by atoms with Crippen molar-refractivity contribution in [3.8, 4) is 5.75 Å². The van der Waals surface area contributed by atoms with E-state index in [1.807, 2.05) is 54.9 Å². The number of methoxy groups -OCH3 is 1. The fraction of sp³-hybridized carbons (Fsp3) is 0.190. The highest BCUT2D eigenvalue weighted by atomic mass is 79.9. The molecule has 7 heteroatoms. The Hall–Kier alpha value is -2.93. The van der Waals surface area contributed by atoms with Gasteiger partial charge in [-0.1, -0.05) is 18.2 Å². The number of nitrogens with zero attached hydrogens (tertiary/aromatic N) is 3. The SMILES string of the molecule is COc1ccc(/C=N/NC(=O)c2ccccc2)cc1Cn1nc(C)c(Br)c1C. The summed E-state index contributed by atoms with van der Waals surface area (Å²) >= 11 is 3.55. The summed E-state index contributed by atoms with van der Waals surface area (Å²) in [5.41, 5.74) is 6.92. The Balaban J connectivity index is 1.77. The summed E-state index contributed by atoms with van der Waals surface area (Å²) in [7, 11) is 1.64. The van der Waals surface area contributed by atoms with Gasteiger partial charge in [-0.2, -0.15) is 10.2 Å². The highest BCUT2D eigenvalue weighted by Gasteiger charge is 2.12. The first kappa shape index (κ1) is 19.8. The summed E-state index contributed by atoms with van der Waals surface area (Å²) in [5.74, 6) is 0.521. The van der Waals surface area contributed by atoms with E-state index in [0.29, 0.717) is 12.1 Å². The van der Waals surface area contributed by atoms with Crippen LogP contribution in [0.2, 0.25) is 0 Å². The molecule has 0 aliphatic heterocycles. The molecule has 3 aromatic rings. The predicted octanol–water partition coefficient (Wildman–Crippen LogP) is 4.08. The van der Waals surface area contributed by atoms with Crippen molar-refractivity contribution in [1.82, 2.24) is 15.2 Å². The quantitative estimate of drug-likeness (QED) is 0.463. The van der Waals surface area contributed by atoms with Gasteiger partial charge in [0.25, 0.3) is 5.91 Å². The van der Waals surface area contributed by atoms with E-state index in [1.165, 1.54) is 0 Å². The largest absolute Gasteiger partial charge is 0.496 e. The summed E-state index contributed by atoms with van der Waals surface area (Å²) in [4.78, 5) is 12.1. The number of carbonyl (C=O) groups excluding carboxylic acids is 1. The highest BCUT2D eigenvalue weighted by Crippen LogP contribution is 2.24. The van der Waals surface area contributed by atoms with Gasteiger partial charge in [0.2, 0.25) is 0 Å². The zero-order chi connectivity index (χ0) is 20.1. The zero-order valence-corrected chi connectivity index (χ0v) is 17.5. The Morgan fingerprint density at radius 3 is 2.64 bits per heavy atom. The van der Waals surface area contributed by atoms with Crippen molar-refractivity contribution in [2.75, 3.05) is 7.11 Å². The molecule has 0 aliphatic rings. The summed E-state index contributed by atoms with van der Waals surface area (Å²) in [5, 5.41) is 8.61. The minimum atomic E-state index is -0.252. The highest BCUT2D eigenvalue weighted by molar-refractivity contribution is 9.10. The molecule has 0 bridgehead atoms. The van der Waals surface area contributed by atoms with Crippen LogP contribution in [0, 0.1) is 13.8 Å². The second-order valence-electron chi connectivity index (χ2n) is 6.28. The smallest absolute Gasteiger partial charge is 0.271 e. The van der Waals surface area contributed by atoms with Crippen LogP contribution in [0.4, 0.5) is 0 Å². The molecule has 0 saturated heterocycles. The van der Waals surface area contributed by atoms with Crippen molar-refractivity contribution in [3.05, 3.63) is 81.1 Å². The van der Waals surface area contributed by atoms with Gasteiger partial charge in [-0.3, -0.25) is 9.48 Å². The van der Waals surface area contributed by atoms with Gasteiger partial charge in [0.05, 0.1) is 35.7 Å². The van der Waals surface area contributed by atoms with E-state index in [2.05, 4.69) is 31.6 Å². The first-order chi connectivity index (χ1) is 13.5. The van der Waals surface area contributed by atoms with Gasteiger partial charge >= 0.3 is 0 Å². The number of hydrogen-bond acceptors (Lipinski definition) is 4. The fourth-order valence-electron chi connectivity index (χ4n) is 2.81. The topological polar surface area (TPSA) is 68.5 Å². The third kappa shape index (κ3) is 4.48. The van der Waals surface area contributed by atoms with E-state index in [9.17, 15) is 4.79 Å². The van der Waals surface area contributed by atoms with Crippen LogP contribution in [0.5, 0.6) is 5.75 Å². The van der Waals surface area contributed by atoms with Gasteiger partial charge in [0.15, 0.2) is 0 Å². The number of aromatic nitrogens is 2. The average molecular weight is 441 g/mol. The Morgan fingerprint density at radius 2 is 2.00 bits per heavy atom. The van der Waals surface area contributed by atoms with Crippen LogP contribution in [0.1, 0.15) is 32.9 Å². The molecule has 0 aliphatic carbocycles. The fourth-order valence-corrected chi connectivity index (χ4v) is 3.10. The standard InChI is InChI=1S/C21H21BrN4O2/c1-14-20(22)15(2)26(25-14)13-18-11-16(9-10-19(18)28-3)12-23-24-21(27)17-7-5-4-6-8-17/h4-12H,13H2,1-3H3,(H,24,27)/b23-12+. The molecule has 1 heterocycles. The van der Waals surface area contributed by atoms with E-state index in [1.54, 1.807) is 25.5 Å². The van der Waals surface area contributed by atoms with Crippen LogP contribution >= 0.6 is 15.9 Å². The van der Waals surface area contributed by atoms with Crippen LogP contribution in [0.15, 0.2) is 58.1 Å². The van der Waals surface area contributed by atoms with E-state index < -0.39 is 0 Å². The Kier molecular flexibility index (Phi) is 6.26. The molecule has 0 spiro atoms. The van der Waals surface area contributed by atoms with Crippen molar-refractivity contribution < 1.29 is 9.53 Å². The molecule has 0 atom stereocenters. The Labute approximate surface area is 172 Å². The predicted molar refractivity (Wildman–Crippen MR) is 113 cm³/mol. The molecular weight excluding hydrogens is 420 g/mol. The summed E-state index contributed by atoms with van der Waals surface area (Å²) in [6, 6.07) is 14.7. The van der Waals surface area contributed by atoms with Crippen LogP contribution in [-0.4, -0.2) is 29.0 Å². The van der Waals surface area contributed by atoms with Crippen LogP contribution in [0.3, 0.4) is 0 Å². The summed E-state index contributed by atoms with van der Waals surface area (Å²) < 4.78 is 8.42. The van der Waals surface area contributed by atoms with Crippen LogP contribution in [0.25, 0.3) is 0 Å². The summed E-state index contributed by atoms with van der Waals surface area (Å²) in [6.07, 6.45) is 1.61. The number of benzene rings is 2. The molecule has 1 N–H and O–H groups in total. The van der Waals surface area contributed by atoms with Crippen molar-refractivity contribution in [2.45, 2.75) is 20.4 Å². The van der Waals surface area contributed by atoms with Crippen molar-refractivity contribution >= 4 is 28.1 Å². The van der Waals surface area contributed by atoms with Gasteiger partial charge < -0.3 is 4.74 Å². The molecule has 2 aromatic carbocycles. The van der Waals surface area contributed by atoms with Gasteiger partial charge in [-0.25, -0.2) is 5.43 Å². The van der Waals surface area contributed by atoms with Gasteiger partial charge in [-0.05, 0) is 65.7 Å². The molecular formula is C21H21BrN4O2.